The zero-order valence-electron chi connectivity index (χ0n) is 10.3. The van der Waals surface area contributed by atoms with E-state index in [2.05, 4.69) is 0 Å². The predicted molar refractivity (Wildman–Crippen MR) is 66.5 cm³/mol. The third-order valence-electron chi connectivity index (χ3n) is 2.45. The summed E-state index contributed by atoms with van der Waals surface area (Å²) in [6.07, 6.45) is 0. The van der Waals surface area contributed by atoms with E-state index in [1.54, 1.807) is 14.2 Å². The van der Waals surface area contributed by atoms with Crippen molar-refractivity contribution in [1.29, 1.82) is 0 Å². The summed E-state index contributed by atoms with van der Waals surface area (Å²) in [5.41, 5.74) is 7.46. The molecular weight excluding hydrogens is 226 g/mol. The van der Waals surface area contributed by atoms with Gasteiger partial charge in [0.15, 0.2) is 11.5 Å². The van der Waals surface area contributed by atoms with Crippen molar-refractivity contribution in [2.75, 3.05) is 14.2 Å². The fourth-order valence-electron chi connectivity index (χ4n) is 1.86. The van der Waals surface area contributed by atoms with Crippen LogP contribution in [-0.2, 0) is 5.54 Å². The highest BCUT2D eigenvalue weighted by Crippen LogP contribution is 2.42. The summed E-state index contributed by atoms with van der Waals surface area (Å²) in [4.78, 5) is 0. The molecule has 0 atom stereocenters. The molecule has 1 rings (SSSR count). The third-order valence-corrected chi connectivity index (χ3v) is 2.81. The first-order valence-corrected chi connectivity index (χ1v) is 5.41. The Kier molecular flexibility index (Phi) is 3.71. The molecule has 0 bridgehead atoms. The van der Waals surface area contributed by atoms with E-state index in [4.69, 9.17) is 26.8 Å². The zero-order valence-corrected chi connectivity index (χ0v) is 11.1. The first-order chi connectivity index (χ1) is 7.32. The average molecular weight is 244 g/mol. The van der Waals surface area contributed by atoms with Gasteiger partial charge in [-0.25, -0.2) is 0 Å². The van der Waals surface area contributed by atoms with Gasteiger partial charge in [0.25, 0.3) is 0 Å². The Labute approximate surface area is 101 Å². The lowest BCUT2D eigenvalue weighted by Gasteiger charge is -2.25. The number of nitrogens with two attached hydrogens (primary N) is 1. The first kappa shape index (κ1) is 13.1. The lowest BCUT2D eigenvalue weighted by Crippen LogP contribution is -2.30. The highest BCUT2D eigenvalue weighted by molar-refractivity contribution is 6.33. The summed E-state index contributed by atoms with van der Waals surface area (Å²) in [5, 5.41) is 0.520. The van der Waals surface area contributed by atoms with Crippen LogP contribution in [0.4, 0.5) is 0 Å². The van der Waals surface area contributed by atoms with Gasteiger partial charge in [0.05, 0.1) is 19.2 Å². The highest BCUT2D eigenvalue weighted by atomic mass is 35.5. The van der Waals surface area contributed by atoms with Crippen molar-refractivity contribution >= 4 is 11.6 Å². The normalized spacial score (nSPS) is 11.4. The maximum absolute atomic E-state index is 6.30. The van der Waals surface area contributed by atoms with E-state index < -0.39 is 5.54 Å². The van der Waals surface area contributed by atoms with E-state index in [-0.39, 0.29) is 0 Å². The highest BCUT2D eigenvalue weighted by Gasteiger charge is 2.25. The smallest absolute Gasteiger partial charge is 0.179 e. The maximum atomic E-state index is 6.30. The van der Waals surface area contributed by atoms with Crippen LogP contribution in [0.5, 0.6) is 11.5 Å². The molecule has 0 aromatic heterocycles. The Bertz CT molecular complexity index is 397. The van der Waals surface area contributed by atoms with E-state index in [0.29, 0.717) is 16.5 Å². The monoisotopic (exact) mass is 243 g/mol. The van der Waals surface area contributed by atoms with Crippen molar-refractivity contribution in [3.05, 3.63) is 22.2 Å². The van der Waals surface area contributed by atoms with E-state index in [9.17, 15) is 0 Å². The number of benzene rings is 1. The first-order valence-electron chi connectivity index (χ1n) is 5.03. The van der Waals surface area contributed by atoms with Gasteiger partial charge in [0, 0.05) is 5.54 Å². The minimum Gasteiger partial charge on any atom is -0.493 e. The molecular formula is C12H18ClNO2. The third kappa shape index (κ3) is 2.25. The van der Waals surface area contributed by atoms with Crippen LogP contribution in [0.2, 0.25) is 5.02 Å². The molecule has 0 heterocycles. The number of halogens is 1. The van der Waals surface area contributed by atoms with Gasteiger partial charge in [-0.2, -0.15) is 0 Å². The maximum Gasteiger partial charge on any atom is 0.179 e. The lowest BCUT2D eigenvalue weighted by molar-refractivity contribution is 0.353. The van der Waals surface area contributed by atoms with E-state index in [1.807, 2.05) is 26.8 Å². The van der Waals surface area contributed by atoms with Crippen LogP contribution in [0.25, 0.3) is 0 Å². The second kappa shape index (κ2) is 4.52. The summed E-state index contributed by atoms with van der Waals surface area (Å²) in [6.45, 7) is 5.78. The van der Waals surface area contributed by atoms with Crippen LogP contribution in [-0.4, -0.2) is 14.2 Å². The van der Waals surface area contributed by atoms with Crippen LogP contribution < -0.4 is 15.2 Å². The van der Waals surface area contributed by atoms with Crippen LogP contribution in [0.1, 0.15) is 25.0 Å². The SMILES string of the molecule is COc1cc(C)c(C(C)(C)N)c(Cl)c1OC. The molecule has 1 aromatic rings. The van der Waals surface area contributed by atoms with Crippen molar-refractivity contribution in [1.82, 2.24) is 0 Å². The van der Waals surface area contributed by atoms with Gasteiger partial charge in [-0.15, -0.1) is 0 Å². The molecule has 0 spiro atoms. The number of hydrogen-bond donors (Lipinski definition) is 1. The summed E-state index contributed by atoms with van der Waals surface area (Å²) < 4.78 is 10.5. The fraction of sp³-hybridized carbons (Fsp3) is 0.500. The van der Waals surface area contributed by atoms with Crippen molar-refractivity contribution in [2.45, 2.75) is 26.3 Å². The molecule has 0 fully saturated rings. The summed E-state index contributed by atoms with van der Waals surface area (Å²) in [6, 6.07) is 1.88. The molecule has 90 valence electrons. The minimum atomic E-state index is -0.513. The van der Waals surface area contributed by atoms with Crippen LogP contribution in [0.3, 0.4) is 0 Å². The molecule has 0 radical (unpaired) electrons. The number of methoxy groups -OCH3 is 2. The largest absolute Gasteiger partial charge is 0.493 e. The lowest BCUT2D eigenvalue weighted by atomic mass is 9.91. The van der Waals surface area contributed by atoms with Crippen LogP contribution in [0.15, 0.2) is 6.07 Å². The Morgan fingerprint density at radius 1 is 1.25 bits per heavy atom. The molecule has 16 heavy (non-hydrogen) atoms. The van der Waals surface area contributed by atoms with Gasteiger partial charge in [0.1, 0.15) is 0 Å². The van der Waals surface area contributed by atoms with E-state index in [0.717, 1.165) is 11.1 Å². The molecule has 0 aliphatic rings. The Morgan fingerprint density at radius 3 is 2.19 bits per heavy atom. The van der Waals surface area contributed by atoms with Gasteiger partial charge in [-0.1, -0.05) is 11.6 Å². The minimum absolute atomic E-state index is 0.513. The van der Waals surface area contributed by atoms with Crippen molar-refractivity contribution in [3.8, 4) is 11.5 Å². The second-order valence-corrected chi connectivity index (χ2v) is 4.72. The summed E-state index contributed by atoms with van der Waals surface area (Å²) in [5.74, 6) is 1.15. The summed E-state index contributed by atoms with van der Waals surface area (Å²) in [7, 11) is 3.15. The molecule has 3 nitrogen and oxygen atoms in total. The van der Waals surface area contributed by atoms with Gasteiger partial charge in [-0.05, 0) is 38.0 Å². The molecule has 0 aliphatic heterocycles. The Morgan fingerprint density at radius 2 is 1.81 bits per heavy atom. The average Bonchev–Trinajstić information content (AvgIpc) is 2.14. The number of ether oxygens (including phenoxy) is 2. The molecule has 0 unspecified atom stereocenters. The molecule has 0 aliphatic carbocycles. The van der Waals surface area contributed by atoms with Crippen molar-refractivity contribution < 1.29 is 9.47 Å². The standard InChI is InChI=1S/C12H18ClNO2/c1-7-6-8(15-4)11(16-5)10(13)9(7)12(2,3)14/h6H,14H2,1-5H3. The number of aryl methyl sites for hydroxylation is 1. The Balaban J connectivity index is 3.54. The topological polar surface area (TPSA) is 44.5 Å². The number of hydrogen-bond acceptors (Lipinski definition) is 3. The van der Waals surface area contributed by atoms with Crippen molar-refractivity contribution in [3.63, 3.8) is 0 Å². The molecule has 4 heteroatoms. The predicted octanol–water partition coefficient (Wildman–Crippen LogP) is 2.86. The van der Waals surface area contributed by atoms with Gasteiger partial charge >= 0.3 is 0 Å². The van der Waals surface area contributed by atoms with Gasteiger partial charge in [-0.3, -0.25) is 0 Å². The summed E-state index contributed by atoms with van der Waals surface area (Å²) >= 11 is 6.30. The molecule has 0 saturated heterocycles. The van der Waals surface area contributed by atoms with E-state index >= 15 is 0 Å². The molecule has 0 saturated carbocycles. The molecule has 2 N–H and O–H groups in total. The molecule has 1 aromatic carbocycles. The Hall–Kier alpha value is -0.930. The zero-order chi connectivity index (χ0) is 12.5. The molecule has 0 amide bonds. The van der Waals surface area contributed by atoms with E-state index in [1.165, 1.54) is 0 Å². The van der Waals surface area contributed by atoms with Gasteiger partial charge < -0.3 is 15.2 Å². The van der Waals surface area contributed by atoms with Crippen LogP contribution >= 0.6 is 11.6 Å². The quantitative estimate of drug-likeness (QED) is 0.888. The van der Waals surface area contributed by atoms with Gasteiger partial charge in [0.2, 0.25) is 0 Å². The second-order valence-electron chi connectivity index (χ2n) is 4.34. The van der Waals surface area contributed by atoms with Crippen LogP contribution in [0, 0.1) is 6.92 Å². The van der Waals surface area contributed by atoms with Crippen molar-refractivity contribution in [2.24, 2.45) is 5.73 Å². The number of rotatable bonds is 3. The fourth-order valence-corrected chi connectivity index (χ4v) is 2.42.